The van der Waals surface area contributed by atoms with Gasteiger partial charge in [0.25, 0.3) is 0 Å². The molecule has 2 unspecified atom stereocenters. The molecule has 1 aromatic rings. The van der Waals surface area contributed by atoms with Crippen LogP contribution in [0.4, 0.5) is 0 Å². The van der Waals surface area contributed by atoms with Gasteiger partial charge in [0.05, 0.1) is 0 Å². The van der Waals surface area contributed by atoms with Gasteiger partial charge in [-0.25, -0.2) is 0 Å². The topological polar surface area (TPSA) is 29.5 Å². The molecule has 0 bridgehead atoms. The molecule has 0 radical (unpaired) electrons. The van der Waals surface area contributed by atoms with E-state index in [1.54, 1.807) is 0 Å². The van der Waals surface area contributed by atoms with E-state index in [1.165, 1.54) is 7.11 Å². The zero-order valence-electron chi connectivity index (χ0n) is 7.47. The highest BCUT2D eigenvalue weighted by molar-refractivity contribution is 5.21. The van der Waals surface area contributed by atoms with Crippen molar-refractivity contribution in [3.8, 4) is 12.3 Å². The third-order valence-electron chi connectivity index (χ3n) is 1.84. The molecule has 2 nitrogen and oxygen atoms in total. The van der Waals surface area contributed by atoms with E-state index >= 15 is 0 Å². The summed E-state index contributed by atoms with van der Waals surface area (Å²) in [4.78, 5) is 0. The summed E-state index contributed by atoms with van der Waals surface area (Å²) in [5, 5.41) is 9.41. The Kier molecular flexibility index (Phi) is 3.51. The molecule has 0 amide bonds. The molecule has 0 fully saturated rings. The highest BCUT2D eigenvalue weighted by Crippen LogP contribution is 2.19. The summed E-state index contributed by atoms with van der Waals surface area (Å²) >= 11 is 0. The fourth-order valence-electron chi connectivity index (χ4n) is 1.18. The van der Waals surface area contributed by atoms with Gasteiger partial charge < -0.3 is 9.84 Å². The maximum absolute atomic E-state index is 9.41. The second-order valence-corrected chi connectivity index (χ2v) is 2.68. The standard InChI is InChI=1S/C11H12O2/c1-3-10(12)11(13-2)9-7-5-4-6-8-9/h1,4-8,10-12H,2H3. The summed E-state index contributed by atoms with van der Waals surface area (Å²) in [5.41, 5.74) is 0.885. The first kappa shape index (κ1) is 9.79. The molecule has 0 spiro atoms. The van der Waals surface area contributed by atoms with Crippen LogP contribution in [-0.2, 0) is 4.74 Å². The lowest BCUT2D eigenvalue weighted by Crippen LogP contribution is -2.17. The third kappa shape index (κ3) is 2.32. The minimum Gasteiger partial charge on any atom is -0.377 e. The summed E-state index contributed by atoms with van der Waals surface area (Å²) in [5.74, 6) is 2.24. The van der Waals surface area contributed by atoms with Crippen molar-refractivity contribution in [3.05, 3.63) is 35.9 Å². The molecule has 1 aromatic carbocycles. The van der Waals surface area contributed by atoms with Crippen molar-refractivity contribution in [1.82, 2.24) is 0 Å². The van der Waals surface area contributed by atoms with Crippen molar-refractivity contribution < 1.29 is 9.84 Å². The molecule has 0 aliphatic carbocycles. The molecule has 2 heteroatoms. The molecule has 0 saturated heterocycles. The Morgan fingerprint density at radius 2 is 2.00 bits per heavy atom. The first-order valence-electron chi connectivity index (χ1n) is 4.01. The second kappa shape index (κ2) is 4.66. The predicted molar refractivity (Wildman–Crippen MR) is 51.0 cm³/mol. The van der Waals surface area contributed by atoms with E-state index in [0.717, 1.165) is 5.56 Å². The van der Waals surface area contributed by atoms with Gasteiger partial charge in [-0.2, -0.15) is 0 Å². The fourth-order valence-corrected chi connectivity index (χ4v) is 1.18. The quantitative estimate of drug-likeness (QED) is 0.705. The second-order valence-electron chi connectivity index (χ2n) is 2.68. The zero-order valence-corrected chi connectivity index (χ0v) is 7.47. The van der Waals surface area contributed by atoms with Crippen molar-refractivity contribution in [1.29, 1.82) is 0 Å². The lowest BCUT2D eigenvalue weighted by molar-refractivity contribution is 0.0155. The highest BCUT2D eigenvalue weighted by Gasteiger charge is 2.17. The lowest BCUT2D eigenvalue weighted by Gasteiger charge is -2.17. The average molecular weight is 176 g/mol. The number of hydrogen-bond acceptors (Lipinski definition) is 2. The number of ether oxygens (including phenoxy) is 1. The minimum absolute atomic E-state index is 0.439. The first-order chi connectivity index (χ1) is 6.29. The van der Waals surface area contributed by atoms with Crippen molar-refractivity contribution in [2.24, 2.45) is 0 Å². The summed E-state index contributed by atoms with van der Waals surface area (Å²) in [6.45, 7) is 0. The summed E-state index contributed by atoms with van der Waals surface area (Å²) in [7, 11) is 1.53. The van der Waals surface area contributed by atoms with Crippen molar-refractivity contribution in [2.75, 3.05) is 7.11 Å². The molecule has 2 atom stereocenters. The maximum Gasteiger partial charge on any atom is 0.144 e. The summed E-state index contributed by atoms with van der Waals surface area (Å²) in [6.07, 6.45) is 3.77. The fraction of sp³-hybridized carbons (Fsp3) is 0.273. The Labute approximate surface area is 78.2 Å². The molecule has 0 aliphatic heterocycles. The van der Waals surface area contributed by atoms with Gasteiger partial charge in [-0.05, 0) is 5.56 Å². The molecule has 0 aromatic heterocycles. The highest BCUT2D eigenvalue weighted by atomic mass is 16.5. The minimum atomic E-state index is -0.896. The molecule has 0 heterocycles. The Morgan fingerprint density at radius 1 is 1.38 bits per heavy atom. The predicted octanol–water partition coefficient (Wildman–Crippen LogP) is 1.37. The van der Waals surface area contributed by atoms with E-state index in [1.807, 2.05) is 30.3 Å². The number of terminal acetylenes is 1. The van der Waals surface area contributed by atoms with Crippen LogP contribution in [0.3, 0.4) is 0 Å². The molecule has 0 saturated carbocycles. The Bertz CT molecular complexity index is 287. The van der Waals surface area contributed by atoms with E-state index in [4.69, 9.17) is 11.2 Å². The third-order valence-corrected chi connectivity index (χ3v) is 1.84. The maximum atomic E-state index is 9.41. The van der Waals surface area contributed by atoms with Crippen LogP contribution in [0, 0.1) is 12.3 Å². The smallest absolute Gasteiger partial charge is 0.144 e. The average Bonchev–Trinajstić information content (AvgIpc) is 2.20. The Hall–Kier alpha value is -1.30. The lowest BCUT2D eigenvalue weighted by atomic mass is 10.1. The van der Waals surface area contributed by atoms with Gasteiger partial charge in [0.15, 0.2) is 0 Å². The number of methoxy groups -OCH3 is 1. The van der Waals surface area contributed by atoms with Gasteiger partial charge >= 0.3 is 0 Å². The van der Waals surface area contributed by atoms with Gasteiger partial charge in [0.1, 0.15) is 12.2 Å². The first-order valence-corrected chi connectivity index (χ1v) is 4.01. The molecule has 13 heavy (non-hydrogen) atoms. The normalized spacial score (nSPS) is 14.5. The number of benzene rings is 1. The van der Waals surface area contributed by atoms with Crippen LogP contribution >= 0.6 is 0 Å². The molecule has 0 aliphatic rings. The van der Waals surface area contributed by atoms with Crippen LogP contribution in [0.5, 0.6) is 0 Å². The summed E-state index contributed by atoms with van der Waals surface area (Å²) < 4.78 is 5.10. The van der Waals surface area contributed by atoms with Crippen LogP contribution in [0.1, 0.15) is 11.7 Å². The van der Waals surface area contributed by atoms with Crippen LogP contribution in [-0.4, -0.2) is 18.3 Å². The zero-order chi connectivity index (χ0) is 9.68. The van der Waals surface area contributed by atoms with E-state index < -0.39 is 12.2 Å². The van der Waals surface area contributed by atoms with Gasteiger partial charge in [-0.1, -0.05) is 36.3 Å². The monoisotopic (exact) mass is 176 g/mol. The van der Waals surface area contributed by atoms with Gasteiger partial charge in [-0.15, -0.1) is 6.42 Å². The molecular formula is C11H12O2. The molecule has 1 rings (SSSR count). The SMILES string of the molecule is C#CC(O)C(OC)c1ccccc1. The number of aliphatic hydroxyl groups excluding tert-OH is 1. The van der Waals surface area contributed by atoms with Crippen LogP contribution in [0.15, 0.2) is 30.3 Å². The number of rotatable bonds is 3. The van der Waals surface area contributed by atoms with E-state index in [9.17, 15) is 5.11 Å². The van der Waals surface area contributed by atoms with Crippen LogP contribution in [0.2, 0.25) is 0 Å². The number of hydrogen-bond donors (Lipinski definition) is 1. The van der Waals surface area contributed by atoms with Crippen LogP contribution < -0.4 is 0 Å². The van der Waals surface area contributed by atoms with Crippen LogP contribution in [0.25, 0.3) is 0 Å². The van der Waals surface area contributed by atoms with Crippen molar-refractivity contribution in [3.63, 3.8) is 0 Å². The van der Waals surface area contributed by atoms with E-state index in [-0.39, 0.29) is 0 Å². The van der Waals surface area contributed by atoms with Gasteiger partial charge in [0, 0.05) is 7.11 Å². The van der Waals surface area contributed by atoms with E-state index in [0.29, 0.717) is 0 Å². The van der Waals surface area contributed by atoms with Gasteiger partial charge in [0.2, 0.25) is 0 Å². The Morgan fingerprint density at radius 3 is 2.46 bits per heavy atom. The van der Waals surface area contributed by atoms with Crippen molar-refractivity contribution in [2.45, 2.75) is 12.2 Å². The summed E-state index contributed by atoms with van der Waals surface area (Å²) in [6, 6.07) is 9.40. The van der Waals surface area contributed by atoms with E-state index in [2.05, 4.69) is 5.92 Å². The molecule has 1 N–H and O–H groups in total. The largest absolute Gasteiger partial charge is 0.377 e. The molecule has 68 valence electrons. The van der Waals surface area contributed by atoms with Crippen molar-refractivity contribution >= 4 is 0 Å². The Balaban J connectivity index is 2.86. The van der Waals surface area contributed by atoms with Gasteiger partial charge in [-0.3, -0.25) is 0 Å². The number of aliphatic hydroxyl groups is 1. The molecular weight excluding hydrogens is 164 g/mol.